The third-order valence-electron chi connectivity index (χ3n) is 4.71. The minimum absolute atomic E-state index is 0.0790. The van der Waals surface area contributed by atoms with Crippen molar-refractivity contribution in [3.63, 3.8) is 0 Å². The van der Waals surface area contributed by atoms with E-state index < -0.39 is 16.1 Å². The molecule has 1 aromatic rings. The summed E-state index contributed by atoms with van der Waals surface area (Å²) in [4.78, 5) is 0. The Morgan fingerprint density at radius 2 is 1.40 bits per heavy atom. The summed E-state index contributed by atoms with van der Waals surface area (Å²) >= 11 is 0. The Bertz CT molecular complexity index is 454. The number of ether oxygens (including phenoxy) is 1. The van der Waals surface area contributed by atoms with E-state index in [1.807, 2.05) is 0 Å². The SMILES string of the molecule is CC[Si](CC)(CC)c1ccc([Si](C)(C)C)c(OC)c1F. The highest BCUT2D eigenvalue weighted by molar-refractivity contribution is 6.92. The maximum absolute atomic E-state index is 15.1. The van der Waals surface area contributed by atoms with Gasteiger partial charge in [-0.1, -0.05) is 70.7 Å². The number of hydrogen-bond donors (Lipinski definition) is 0. The summed E-state index contributed by atoms with van der Waals surface area (Å²) in [6, 6.07) is 7.46. The normalized spacial score (nSPS) is 12.6. The Morgan fingerprint density at radius 3 is 1.75 bits per heavy atom. The Morgan fingerprint density at radius 1 is 0.950 bits per heavy atom. The lowest BCUT2D eigenvalue weighted by atomic mass is 10.3. The molecule has 0 N–H and O–H groups in total. The zero-order valence-electron chi connectivity index (χ0n) is 14.1. The van der Waals surface area contributed by atoms with E-state index in [0.717, 1.165) is 28.5 Å². The molecule has 0 bridgehead atoms. The summed E-state index contributed by atoms with van der Waals surface area (Å²) in [5.41, 5.74) is 0. The second kappa shape index (κ2) is 6.43. The molecule has 0 saturated carbocycles. The fourth-order valence-corrected chi connectivity index (χ4v) is 8.21. The zero-order valence-corrected chi connectivity index (χ0v) is 16.1. The van der Waals surface area contributed by atoms with Crippen LogP contribution in [-0.4, -0.2) is 23.3 Å². The van der Waals surface area contributed by atoms with E-state index in [-0.39, 0.29) is 5.82 Å². The first kappa shape index (κ1) is 17.4. The summed E-state index contributed by atoms with van der Waals surface area (Å²) in [5.74, 6) is 0.429. The molecule has 0 aromatic heterocycles. The molecule has 0 aliphatic heterocycles. The molecule has 0 saturated heterocycles. The van der Waals surface area contributed by atoms with Crippen molar-refractivity contribution in [2.45, 2.75) is 58.5 Å². The maximum atomic E-state index is 15.1. The van der Waals surface area contributed by atoms with Gasteiger partial charge in [0, 0.05) is 0 Å². The van der Waals surface area contributed by atoms with Crippen molar-refractivity contribution in [3.05, 3.63) is 17.9 Å². The predicted molar refractivity (Wildman–Crippen MR) is 92.8 cm³/mol. The van der Waals surface area contributed by atoms with Gasteiger partial charge in [-0.05, 0) is 10.4 Å². The van der Waals surface area contributed by atoms with Gasteiger partial charge in [-0.15, -0.1) is 0 Å². The van der Waals surface area contributed by atoms with E-state index in [9.17, 15) is 0 Å². The van der Waals surface area contributed by atoms with Crippen molar-refractivity contribution in [1.82, 2.24) is 0 Å². The fraction of sp³-hybridized carbons (Fsp3) is 0.625. The third-order valence-corrected chi connectivity index (χ3v) is 12.3. The van der Waals surface area contributed by atoms with Gasteiger partial charge >= 0.3 is 0 Å². The molecule has 114 valence electrons. The molecule has 4 heteroatoms. The molecule has 0 heterocycles. The Labute approximate surface area is 125 Å². The van der Waals surface area contributed by atoms with Crippen LogP contribution in [0.15, 0.2) is 12.1 Å². The first-order valence-corrected chi connectivity index (χ1v) is 13.8. The van der Waals surface area contributed by atoms with E-state index in [1.54, 1.807) is 7.11 Å². The van der Waals surface area contributed by atoms with Crippen LogP contribution < -0.4 is 15.1 Å². The zero-order chi connectivity index (χ0) is 15.6. The monoisotopic (exact) mass is 312 g/mol. The molecule has 0 unspecified atom stereocenters. The van der Waals surface area contributed by atoms with Crippen LogP contribution in [0.2, 0.25) is 37.8 Å². The summed E-state index contributed by atoms with van der Waals surface area (Å²) in [5, 5.41) is 2.05. The van der Waals surface area contributed by atoms with Gasteiger partial charge in [0.2, 0.25) is 0 Å². The summed E-state index contributed by atoms with van der Waals surface area (Å²) in [6.45, 7) is 13.3. The van der Waals surface area contributed by atoms with Gasteiger partial charge in [0.1, 0.15) is 0 Å². The van der Waals surface area contributed by atoms with Crippen molar-refractivity contribution in [1.29, 1.82) is 0 Å². The van der Waals surface area contributed by atoms with Crippen LogP contribution in [0, 0.1) is 5.82 Å². The van der Waals surface area contributed by atoms with Gasteiger partial charge in [0.05, 0.1) is 23.3 Å². The van der Waals surface area contributed by atoms with Gasteiger partial charge < -0.3 is 4.74 Å². The highest BCUT2D eigenvalue weighted by atomic mass is 28.3. The van der Waals surface area contributed by atoms with Crippen LogP contribution in [0.3, 0.4) is 0 Å². The molecule has 20 heavy (non-hydrogen) atoms. The van der Waals surface area contributed by atoms with Crippen molar-refractivity contribution in [2.75, 3.05) is 7.11 Å². The molecule has 1 aromatic carbocycles. The van der Waals surface area contributed by atoms with Crippen molar-refractivity contribution >= 4 is 26.5 Å². The molecule has 0 spiro atoms. The van der Waals surface area contributed by atoms with Gasteiger partial charge in [0.25, 0.3) is 0 Å². The highest BCUT2D eigenvalue weighted by Gasteiger charge is 2.35. The van der Waals surface area contributed by atoms with Crippen molar-refractivity contribution in [3.8, 4) is 5.75 Å². The summed E-state index contributed by atoms with van der Waals surface area (Å²) in [7, 11) is -1.70. The quantitative estimate of drug-likeness (QED) is 0.719. The van der Waals surface area contributed by atoms with Gasteiger partial charge in [0.15, 0.2) is 11.6 Å². The van der Waals surface area contributed by atoms with Crippen molar-refractivity contribution in [2.24, 2.45) is 0 Å². The lowest BCUT2D eigenvalue weighted by Gasteiger charge is -2.31. The van der Waals surface area contributed by atoms with Crippen molar-refractivity contribution < 1.29 is 9.13 Å². The predicted octanol–water partition coefficient (Wildman–Crippen LogP) is 4.10. The number of halogens is 1. The Kier molecular flexibility index (Phi) is 5.61. The van der Waals surface area contributed by atoms with E-state index in [4.69, 9.17) is 4.74 Å². The number of methoxy groups -OCH3 is 1. The van der Waals surface area contributed by atoms with E-state index in [1.165, 1.54) is 0 Å². The standard InChI is InChI=1S/C16H29FOSi2/c1-8-20(9-2,10-3)13-11-12-14(19(5,6)7)16(18-4)15(13)17/h11-12H,8-10H2,1-7H3. The topological polar surface area (TPSA) is 9.23 Å². The summed E-state index contributed by atoms with van der Waals surface area (Å²) in [6.07, 6.45) is 0. The van der Waals surface area contributed by atoms with Crippen LogP contribution in [0.4, 0.5) is 4.39 Å². The molecule has 0 atom stereocenters. The van der Waals surface area contributed by atoms with Crippen LogP contribution in [-0.2, 0) is 0 Å². The average Bonchev–Trinajstić information content (AvgIpc) is 2.41. The highest BCUT2D eigenvalue weighted by Crippen LogP contribution is 2.25. The van der Waals surface area contributed by atoms with E-state index in [2.05, 4.69) is 52.5 Å². The third kappa shape index (κ3) is 3.01. The molecule has 0 radical (unpaired) electrons. The molecule has 0 aliphatic carbocycles. The minimum atomic E-state index is -1.71. The molecule has 0 aliphatic rings. The second-order valence-corrected chi connectivity index (χ2v) is 16.9. The number of rotatable bonds is 6. The molecule has 0 amide bonds. The number of hydrogen-bond acceptors (Lipinski definition) is 1. The second-order valence-electron chi connectivity index (χ2n) is 6.60. The maximum Gasteiger partial charge on any atom is 0.164 e. The first-order valence-electron chi connectivity index (χ1n) is 7.64. The lowest BCUT2D eigenvalue weighted by molar-refractivity contribution is 0.391. The van der Waals surface area contributed by atoms with Crippen LogP contribution in [0.1, 0.15) is 20.8 Å². The largest absolute Gasteiger partial charge is 0.494 e. The molecule has 0 fully saturated rings. The Hall–Kier alpha value is -0.616. The fourth-order valence-electron chi connectivity index (χ4n) is 3.08. The minimum Gasteiger partial charge on any atom is -0.494 e. The van der Waals surface area contributed by atoms with Gasteiger partial charge in [-0.25, -0.2) is 4.39 Å². The van der Waals surface area contributed by atoms with Crippen LogP contribution in [0.25, 0.3) is 0 Å². The summed E-state index contributed by atoms with van der Waals surface area (Å²) < 4.78 is 20.5. The van der Waals surface area contributed by atoms with Crippen LogP contribution >= 0.6 is 0 Å². The molecular weight excluding hydrogens is 283 g/mol. The molecule has 1 nitrogen and oxygen atoms in total. The van der Waals surface area contributed by atoms with Gasteiger partial charge in [-0.2, -0.15) is 0 Å². The molecular formula is C16H29FOSi2. The van der Waals surface area contributed by atoms with E-state index in [0.29, 0.717) is 5.75 Å². The smallest absolute Gasteiger partial charge is 0.164 e. The Balaban J connectivity index is 3.54. The molecule has 1 rings (SSSR count). The lowest BCUT2D eigenvalue weighted by Crippen LogP contribution is -2.49. The number of benzene rings is 1. The van der Waals surface area contributed by atoms with Crippen LogP contribution in [0.5, 0.6) is 5.75 Å². The first-order chi connectivity index (χ1) is 9.27. The van der Waals surface area contributed by atoms with Gasteiger partial charge in [-0.3, -0.25) is 0 Å². The average molecular weight is 313 g/mol. The van der Waals surface area contributed by atoms with E-state index >= 15 is 4.39 Å².